The van der Waals surface area contributed by atoms with Crippen molar-refractivity contribution < 1.29 is 4.79 Å². The van der Waals surface area contributed by atoms with Gasteiger partial charge in [0.15, 0.2) is 0 Å². The van der Waals surface area contributed by atoms with Crippen LogP contribution >= 0.6 is 11.6 Å². The van der Waals surface area contributed by atoms with Gasteiger partial charge in [-0.3, -0.25) is 4.79 Å². The summed E-state index contributed by atoms with van der Waals surface area (Å²) in [5.41, 5.74) is 6.61. The Balaban J connectivity index is 2.79. The number of nitrogen functional groups attached to an aromatic ring is 1. The van der Waals surface area contributed by atoms with E-state index in [0.29, 0.717) is 22.2 Å². The molecule has 0 aromatic heterocycles. The fraction of sp³-hybridized carbons (Fsp3) is 0.462. The quantitative estimate of drug-likeness (QED) is 0.812. The van der Waals surface area contributed by atoms with Crippen molar-refractivity contribution >= 4 is 23.2 Å². The number of nitrogens with one attached hydrogen (secondary N) is 1. The Morgan fingerprint density at radius 2 is 2.12 bits per heavy atom. The third kappa shape index (κ3) is 3.63. The number of anilines is 1. The largest absolute Gasteiger partial charge is 0.399 e. The maximum atomic E-state index is 12.0. The van der Waals surface area contributed by atoms with Crippen LogP contribution in [0.1, 0.15) is 37.6 Å². The topological polar surface area (TPSA) is 55.1 Å². The fourth-order valence-corrected chi connectivity index (χ4v) is 1.70. The number of halogens is 1. The molecule has 0 aliphatic rings. The number of nitrogens with two attached hydrogens (primary N) is 1. The molecule has 94 valence electrons. The number of hydrogen-bond donors (Lipinski definition) is 2. The molecule has 1 amide bonds. The summed E-state index contributed by atoms with van der Waals surface area (Å²) in [6, 6.07) is 5.03. The molecular formula is C13H19ClN2O. The third-order valence-electron chi connectivity index (χ3n) is 3.09. The molecular weight excluding hydrogens is 236 g/mol. The van der Waals surface area contributed by atoms with Crippen LogP contribution in [-0.4, -0.2) is 11.9 Å². The molecule has 0 saturated carbocycles. The molecule has 0 bridgehead atoms. The van der Waals surface area contributed by atoms with E-state index in [-0.39, 0.29) is 11.9 Å². The highest BCUT2D eigenvalue weighted by atomic mass is 35.5. The minimum Gasteiger partial charge on any atom is -0.399 e. The molecule has 4 heteroatoms. The van der Waals surface area contributed by atoms with Gasteiger partial charge in [0, 0.05) is 11.7 Å². The molecule has 0 heterocycles. The van der Waals surface area contributed by atoms with Crippen LogP contribution in [0, 0.1) is 5.92 Å². The van der Waals surface area contributed by atoms with Crippen molar-refractivity contribution in [1.29, 1.82) is 0 Å². The van der Waals surface area contributed by atoms with Gasteiger partial charge in [-0.2, -0.15) is 0 Å². The smallest absolute Gasteiger partial charge is 0.253 e. The number of carbonyl (C=O) groups is 1. The highest BCUT2D eigenvalue weighted by Crippen LogP contribution is 2.19. The highest BCUT2D eigenvalue weighted by molar-refractivity contribution is 6.34. The lowest BCUT2D eigenvalue weighted by Crippen LogP contribution is -2.37. The van der Waals surface area contributed by atoms with Gasteiger partial charge < -0.3 is 11.1 Å². The summed E-state index contributed by atoms with van der Waals surface area (Å²) in [6.45, 7) is 6.19. The van der Waals surface area contributed by atoms with Crippen LogP contribution in [0.5, 0.6) is 0 Å². The van der Waals surface area contributed by atoms with Crippen LogP contribution in [0.4, 0.5) is 5.69 Å². The summed E-state index contributed by atoms with van der Waals surface area (Å²) >= 11 is 5.97. The molecule has 2 unspecified atom stereocenters. The Labute approximate surface area is 107 Å². The van der Waals surface area contributed by atoms with Gasteiger partial charge in [0.25, 0.3) is 5.91 Å². The first-order valence-corrected chi connectivity index (χ1v) is 6.19. The molecule has 17 heavy (non-hydrogen) atoms. The maximum Gasteiger partial charge on any atom is 0.253 e. The zero-order chi connectivity index (χ0) is 13.0. The Morgan fingerprint density at radius 1 is 1.47 bits per heavy atom. The fourth-order valence-electron chi connectivity index (χ4n) is 1.50. The monoisotopic (exact) mass is 254 g/mol. The van der Waals surface area contributed by atoms with Crippen molar-refractivity contribution in [2.24, 2.45) is 5.92 Å². The normalized spacial score (nSPS) is 14.1. The first kappa shape index (κ1) is 13.8. The van der Waals surface area contributed by atoms with Crippen LogP contribution < -0.4 is 11.1 Å². The second kappa shape index (κ2) is 5.92. The van der Waals surface area contributed by atoms with Gasteiger partial charge in [0.2, 0.25) is 0 Å². The Kier molecular flexibility index (Phi) is 4.82. The summed E-state index contributed by atoms with van der Waals surface area (Å²) in [5, 5.41) is 3.36. The minimum atomic E-state index is -0.171. The van der Waals surface area contributed by atoms with Crippen LogP contribution in [0.2, 0.25) is 5.02 Å². The molecule has 1 rings (SSSR count). The predicted molar refractivity (Wildman–Crippen MR) is 72.2 cm³/mol. The average Bonchev–Trinajstić information content (AvgIpc) is 2.30. The lowest BCUT2D eigenvalue weighted by Gasteiger charge is -2.20. The van der Waals surface area contributed by atoms with Gasteiger partial charge in [-0.1, -0.05) is 31.9 Å². The van der Waals surface area contributed by atoms with E-state index in [1.807, 2.05) is 6.92 Å². The summed E-state index contributed by atoms with van der Waals surface area (Å²) in [4.78, 5) is 12.0. The van der Waals surface area contributed by atoms with Crippen LogP contribution in [0.3, 0.4) is 0 Å². The standard InChI is InChI=1S/C13H19ClN2O/c1-4-8(2)9(3)16-13(17)11-7-10(15)5-6-12(11)14/h5-9H,4,15H2,1-3H3,(H,16,17). The van der Waals surface area contributed by atoms with Gasteiger partial charge in [-0.15, -0.1) is 0 Å². The first-order chi connectivity index (χ1) is 7.95. The van der Waals surface area contributed by atoms with E-state index in [9.17, 15) is 4.79 Å². The molecule has 1 aromatic carbocycles. The third-order valence-corrected chi connectivity index (χ3v) is 3.42. The van der Waals surface area contributed by atoms with E-state index in [2.05, 4.69) is 19.2 Å². The molecule has 3 N–H and O–H groups in total. The number of carbonyl (C=O) groups excluding carboxylic acids is 1. The summed E-state index contributed by atoms with van der Waals surface area (Å²) in [7, 11) is 0. The predicted octanol–water partition coefficient (Wildman–Crippen LogP) is 3.09. The van der Waals surface area contributed by atoms with Gasteiger partial charge in [0.1, 0.15) is 0 Å². The SMILES string of the molecule is CCC(C)C(C)NC(=O)c1cc(N)ccc1Cl. The molecule has 2 atom stereocenters. The number of amides is 1. The lowest BCUT2D eigenvalue weighted by atomic mass is 10.0. The Hall–Kier alpha value is -1.22. The van der Waals surface area contributed by atoms with Crippen molar-refractivity contribution in [1.82, 2.24) is 5.32 Å². The number of rotatable bonds is 4. The zero-order valence-corrected chi connectivity index (χ0v) is 11.2. The van der Waals surface area contributed by atoms with Crippen molar-refractivity contribution in [2.45, 2.75) is 33.2 Å². The molecule has 1 aromatic rings. The van der Waals surface area contributed by atoms with E-state index in [1.54, 1.807) is 18.2 Å². The number of hydrogen-bond acceptors (Lipinski definition) is 2. The Morgan fingerprint density at radius 3 is 2.71 bits per heavy atom. The molecule has 0 fully saturated rings. The van der Waals surface area contributed by atoms with Crippen molar-refractivity contribution in [3.8, 4) is 0 Å². The molecule has 0 spiro atoms. The van der Waals surface area contributed by atoms with Crippen molar-refractivity contribution in [2.75, 3.05) is 5.73 Å². The second-order valence-corrected chi connectivity index (χ2v) is 4.79. The van der Waals surface area contributed by atoms with Gasteiger partial charge in [-0.25, -0.2) is 0 Å². The molecule has 0 aliphatic carbocycles. The van der Waals surface area contributed by atoms with E-state index in [1.165, 1.54) is 0 Å². The zero-order valence-electron chi connectivity index (χ0n) is 10.5. The maximum absolute atomic E-state index is 12.0. The van der Waals surface area contributed by atoms with Crippen LogP contribution in [-0.2, 0) is 0 Å². The highest BCUT2D eigenvalue weighted by Gasteiger charge is 2.16. The van der Waals surface area contributed by atoms with Gasteiger partial charge in [-0.05, 0) is 31.0 Å². The van der Waals surface area contributed by atoms with Crippen LogP contribution in [0.15, 0.2) is 18.2 Å². The van der Waals surface area contributed by atoms with E-state index >= 15 is 0 Å². The van der Waals surface area contributed by atoms with E-state index in [0.717, 1.165) is 6.42 Å². The van der Waals surface area contributed by atoms with Gasteiger partial charge in [0.05, 0.1) is 10.6 Å². The molecule has 0 saturated heterocycles. The number of benzene rings is 1. The first-order valence-electron chi connectivity index (χ1n) is 5.81. The van der Waals surface area contributed by atoms with Crippen molar-refractivity contribution in [3.63, 3.8) is 0 Å². The average molecular weight is 255 g/mol. The van der Waals surface area contributed by atoms with Crippen molar-refractivity contribution in [3.05, 3.63) is 28.8 Å². The van der Waals surface area contributed by atoms with E-state index in [4.69, 9.17) is 17.3 Å². The molecule has 0 radical (unpaired) electrons. The Bertz CT molecular complexity index is 406. The summed E-state index contributed by atoms with van der Waals surface area (Å²) < 4.78 is 0. The summed E-state index contributed by atoms with van der Waals surface area (Å²) in [6.07, 6.45) is 1.02. The molecule has 0 aliphatic heterocycles. The lowest BCUT2D eigenvalue weighted by molar-refractivity contribution is 0.0928. The van der Waals surface area contributed by atoms with Crippen LogP contribution in [0.25, 0.3) is 0 Å². The minimum absolute atomic E-state index is 0.116. The summed E-state index contributed by atoms with van der Waals surface area (Å²) in [5.74, 6) is 0.258. The second-order valence-electron chi connectivity index (χ2n) is 4.39. The van der Waals surface area contributed by atoms with Gasteiger partial charge >= 0.3 is 0 Å². The molecule has 3 nitrogen and oxygen atoms in total. The van der Waals surface area contributed by atoms with E-state index < -0.39 is 0 Å².